The van der Waals surface area contributed by atoms with E-state index in [1.54, 1.807) is 31.2 Å². The lowest BCUT2D eigenvalue weighted by atomic mass is 10.1. The van der Waals surface area contributed by atoms with Crippen molar-refractivity contribution in [2.75, 3.05) is 26.6 Å². The summed E-state index contributed by atoms with van der Waals surface area (Å²) >= 11 is 5.91. The Bertz CT molecular complexity index is 839. The molecular weight excluding hydrogens is 374 g/mol. The fourth-order valence-corrected chi connectivity index (χ4v) is 2.47. The number of methoxy groups -OCH3 is 3. The van der Waals surface area contributed by atoms with E-state index in [-0.39, 0.29) is 11.3 Å². The molecule has 0 aromatic heterocycles. The highest BCUT2D eigenvalue weighted by molar-refractivity contribution is 6.30. The number of hydrogen-bond donors (Lipinski definition) is 1. The third-order valence-corrected chi connectivity index (χ3v) is 3.90. The van der Waals surface area contributed by atoms with E-state index in [9.17, 15) is 9.59 Å². The monoisotopic (exact) mass is 393 g/mol. The molecule has 0 bridgehead atoms. The zero-order chi connectivity index (χ0) is 20.0. The van der Waals surface area contributed by atoms with E-state index in [0.717, 1.165) is 0 Å². The quantitative estimate of drug-likeness (QED) is 0.724. The van der Waals surface area contributed by atoms with Gasteiger partial charge in [-0.05, 0) is 25.1 Å². The normalized spacial score (nSPS) is 11.3. The molecule has 1 amide bonds. The molecule has 1 atom stereocenters. The minimum atomic E-state index is -0.845. The summed E-state index contributed by atoms with van der Waals surface area (Å²) in [4.78, 5) is 24.6. The van der Waals surface area contributed by atoms with E-state index < -0.39 is 18.0 Å². The van der Waals surface area contributed by atoms with Crippen LogP contribution in [-0.2, 0) is 9.53 Å². The number of carbonyl (C=O) groups is 2. The van der Waals surface area contributed by atoms with Crippen molar-refractivity contribution in [3.05, 3.63) is 47.0 Å². The van der Waals surface area contributed by atoms with E-state index in [1.165, 1.54) is 33.5 Å². The van der Waals surface area contributed by atoms with Gasteiger partial charge in [0.15, 0.2) is 17.6 Å². The van der Waals surface area contributed by atoms with Gasteiger partial charge in [0, 0.05) is 17.2 Å². The van der Waals surface area contributed by atoms with E-state index in [4.69, 9.17) is 30.5 Å². The van der Waals surface area contributed by atoms with E-state index in [2.05, 4.69) is 5.32 Å². The summed E-state index contributed by atoms with van der Waals surface area (Å²) in [7, 11) is 4.14. The molecule has 8 heteroatoms. The van der Waals surface area contributed by atoms with Gasteiger partial charge in [-0.15, -0.1) is 0 Å². The lowest BCUT2D eigenvalue weighted by Crippen LogP contribution is -2.30. The second-order valence-corrected chi connectivity index (χ2v) is 5.89. The van der Waals surface area contributed by atoms with Crippen LogP contribution in [0.4, 0.5) is 5.69 Å². The topological polar surface area (TPSA) is 83.1 Å². The van der Waals surface area contributed by atoms with Crippen LogP contribution in [0.15, 0.2) is 36.4 Å². The van der Waals surface area contributed by atoms with Crippen LogP contribution < -0.4 is 19.5 Å². The van der Waals surface area contributed by atoms with Gasteiger partial charge in [-0.25, -0.2) is 4.79 Å². The minimum absolute atomic E-state index is 0.124. The van der Waals surface area contributed by atoms with Gasteiger partial charge in [0.25, 0.3) is 5.91 Å². The highest BCUT2D eigenvalue weighted by Gasteiger charge is 2.22. The van der Waals surface area contributed by atoms with Crippen molar-refractivity contribution >= 4 is 29.2 Å². The van der Waals surface area contributed by atoms with Crippen molar-refractivity contribution in [1.29, 1.82) is 0 Å². The molecule has 0 heterocycles. The molecule has 2 aromatic rings. The molecule has 2 rings (SSSR count). The highest BCUT2D eigenvalue weighted by atomic mass is 35.5. The average molecular weight is 394 g/mol. The standard InChI is InChI=1S/C19H20ClNO6/c1-11(27-13-7-5-6-12(20)8-13)18(22)21-15-10-17(25-3)16(24-2)9-14(15)19(23)26-4/h5-11H,1-4H3,(H,21,22). The van der Waals surface area contributed by atoms with Gasteiger partial charge in [0.1, 0.15) is 5.75 Å². The number of anilines is 1. The van der Waals surface area contributed by atoms with Crippen LogP contribution in [0.3, 0.4) is 0 Å². The Hall–Kier alpha value is -2.93. The van der Waals surface area contributed by atoms with Crippen molar-refractivity contribution in [1.82, 2.24) is 0 Å². The molecule has 0 aliphatic rings. The molecule has 0 radical (unpaired) electrons. The van der Waals surface area contributed by atoms with Crippen LogP contribution in [0.25, 0.3) is 0 Å². The number of carbonyl (C=O) groups excluding carboxylic acids is 2. The van der Waals surface area contributed by atoms with E-state index >= 15 is 0 Å². The van der Waals surface area contributed by atoms with Crippen LogP contribution >= 0.6 is 11.6 Å². The highest BCUT2D eigenvalue weighted by Crippen LogP contribution is 2.34. The van der Waals surface area contributed by atoms with Crippen molar-refractivity contribution in [2.24, 2.45) is 0 Å². The molecule has 0 fully saturated rings. The summed E-state index contributed by atoms with van der Waals surface area (Å²) in [5.74, 6) is 0.0376. The number of amides is 1. The second kappa shape index (κ2) is 9.14. The van der Waals surface area contributed by atoms with Crippen LogP contribution in [0.2, 0.25) is 5.02 Å². The van der Waals surface area contributed by atoms with E-state index in [1.807, 2.05) is 0 Å². The van der Waals surface area contributed by atoms with Gasteiger partial charge >= 0.3 is 5.97 Å². The molecule has 27 heavy (non-hydrogen) atoms. The number of hydrogen-bond acceptors (Lipinski definition) is 6. The number of ether oxygens (including phenoxy) is 4. The summed E-state index contributed by atoms with van der Waals surface area (Å²) in [5, 5.41) is 3.15. The Morgan fingerprint density at radius 1 is 1.04 bits per heavy atom. The van der Waals surface area contributed by atoms with Crippen molar-refractivity contribution in [2.45, 2.75) is 13.0 Å². The lowest BCUT2D eigenvalue weighted by molar-refractivity contribution is -0.122. The van der Waals surface area contributed by atoms with Crippen molar-refractivity contribution in [3.8, 4) is 17.2 Å². The number of benzene rings is 2. The minimum Gasteiger partial charge on any atom is -0.493 e. The molecule has 0 saturated carbocycles. The molecule has 0 spiro atoms. The fraction of sp³-hybridized carbons (Fsp3) is 0.263. The number of halogens is 1. The van der Waals surface area contributed by atoms with Gasteiger partial charge < -0.3 is 24.3 Å². The Labute approximate surface area is 162 Å². The van der Waals surface area contributed by atoms with Gasteiger partial charge in [0.2, 0.25) is 0 Å². The first kappa shape index (κ1) is 20.4. The average Bonchev–Trinajstić information content (AvgIpc) is 2.66. The zero-order valence-corrected chi connectivity index (χ0v) is 16.1. The molecule has 0 aliphatic heterocycles. The smallest absolute Gasteiger partial charge is 0.340 e. The number of rotatable bonds is 7. The van der Waals surface area contributed by atoms with Crippen LogP contribution in [0.1, 0.15) is 17.3 Å². The van der Waals surface area contributed by atoms with Gasteiger partial charge in [-0.3, -0.25) is 4.79 Å². The van der Waals surface area contributed by atoms with Gasteiger partial charge in [-0.1, -0.05) is 17.7 Å². The number of nitrogens with one attached hydrogen (secondary N) is 1. The Balaban J connectivity index is 2.25. The van der Waals surface area contributed by atoms with E-state index in [0.29, 0.717) is 22.3 Å². The maximum Gasteiger partial charge on any atom is 0.340 e. The summed E-state index contributed by atoms with van der Waals surface area (Å²) in [6.45, 7) is 1.58. The second-order valence-electron chi connectivity index (χ2n) is 5.45. The Kier molecular flexibility index (Phi) is 6.90. The maximum absolute atomic E-state index is 12.5. The van der Waals surface area contributed by atoms with Crippen LogP contribution in [0, 0.1) is 0 Å². The third kappa shape index (κ3) is 5.04. The lowest BCUT2D eigenvalue weighted by Gasteiger charge is -2.18. The predicted molar refractivity (Wildman–Crippen MR) is 101 cm³/mol. The molecule has 1 N–H and O–H groups in total. The van der Waals surface area contributed by atoms with Crippen molar-refractivity contribution in [3.63, 3.8) is 0 Å². The largest absolute Gasteiger partial charge is 0.493 e. The molecular formula is C19H20ClNO6. The summed E-state index contributed by atoms with van der Waals surface area (Å²) < 4.78 is 20.8. The van der Waals surface area contributed by atoms with Crippen LogP contribution in [-0.4, -0.2) is 39.3 Å². The van der Waals surface area contributed by atoms with Crippen LogP contribution in [0.5, 0.6) is 17.2 Å². The molecule has 144 valence electrons. The third-order valence-electron chi connectivity index (χ3n) is 3.67. The molecule has 2 aromatic carbocycles. The molecule has 1 unspecified atom stereocenters. The number of esters is 1. The summed E-state index contributed by atoms with van der Waals surface area (Å²) in [6, 6.07) is 9.61. The summed E-state index contributed by atoms with van der Waals surface area (Å²) in [6.07, 6.45) is -0.845. The SMILES string of the molecule is COC(=O)c1cc(OC)c(OC)cc1NC(=O)C(C)Oc1cccc(Cl)c1. The first-order chi connectivity index (χ1) is 12.9. The first-order valence-corrected chi connectivity index (χ1v) is 8.34. The fourth-order valence-electron chi connectivity index (χ4n) is 2.29. The molecule has 0 aliphatic carbocycles. The zero-order valence-electron chi connectivity index (χ0n) is 15.4. The summed E-state index contributed by atoms with van der Waals surface area (Å²) in [5.41, 5.74) is 0.337. The Morgan fingerprint density at radius 3 is 2.30 bits per heavy atom. The first-order valence-electron chi connectivity index (χ1n) is 7.97. The van der Waals surface area contributed by atoms with Gasteiger partial charge in [-0.2, -0.15) is 0 Å². The predicted octanol–water partition coefficient (Wildman–Crippen LogP) is 3.55. The van der Waals surface area contributed by atoms with Crippen molar-refractivity contribution < 1.29 is 28.5 Å². The molecule has 7 nitrogen and oxygen atoms in total. The maximum atomic E-state index is 12.5. The molecule has 0 saturated heterocycles. The van der Waals surface area contributed by atoms with Gasteiger partial charge in [0.05, 0.1) is 32.6 Å². The Morgan fingerprint density at radius 2 is 1.70 bits per heavy atom.